The van der Waals surface area contributed by atoms with Gasteiger partial charge in [-0.3, -0.25) is 0 Å². The molecule has 1 heterocycles. The van der Waals surface area contributed by atoms with E-state index in [1.807, 2.05) is 6.20 Å². The third-order valence-corrected chi connectivity index (χ3v) is 10.9. The molecule has 3 rings (SSSR count). The first-order valence-corrected chi connectivity index (χ1v) is 11.9. The first-order chi connectivity index (χ1) is 11.1. The van der Waals surface area contributed by atoms with E-state index in [2.05, 4.69) is 57.9 Å². The molecule has 5 heteroatoms. The second kappa shape index (κ2) is 5.66. The predicted octanol–water partition coefficient (Wildman–Crippen LogP) is 4.54. The van der Waals surface area contributed by atoms with Crippen molar-refractivity contribution >= 4 is 14.3 Å². The number of aromatic nitrogens is 2. The van der Waals surface area contributed by atoms with Crippen molar-refractivity contribution in [2.45, 2.75) is 82.5 Å². The van der Waals surface area contributed by atoms with Crippen molar-refractivity contribution in [3.8, 4) is 0 Å². The van der Waals surface area contributed by atoms with Crippen molar-refractivity contribution in [2.24, 2.45) is 0 Å². The Bertz CT molecular complexity index is 655. The summed E-state index contributed by atoms with van der Waals surface area (Å²) in [6.07, 6.45) is 9.70. The Hall–Kier alpha value is -1.20. The Labute approximate surface area is 147 Å². The molecule has 1 aromatic rings. The maximum absolute atomic E-state index is 6.95. The highest BCUT2D eigenvalue weighted by atomic mass is 28.4. The Morgan fingerprint density at radius 2 is 1.88 bits per heavy atom. The van der Waals surface area contributed by atoms with Crippen LogP contribution in [0.15, 0.2) is 18.3 Å². The summed E-state index contributed by atoms with van der Waals surface area (Å²) < 4.78 is 6.95. The second-order valence-corrected chi connectivity index (χ2v) is 13.8. The molecular weight excluding hydrogens is 314 g/mol. The van der Waals surface area contributed by atoms with E-state index in [0.29, 0.717) is 11.9 Å². The van der Waals surface area contributed by atoms with Gasteiger partial charge in [-0.25, -0.2) is 9.97 Å². The van der Waals surface area contributed by atoms with Crippen LogP contribution in [0.25, 0.3) is 0 Å². The molecule has 0 radical (unpaired) electrons. The van der Waals surface area contributed by atoms with Gasteiger partial charge >= 0.3 is 0 Å². The van der Waals surface area contributed by atoms with Crippen LogP contribution in [0.4, 0.5) is 5.95 Å². The molecule has 2 N–H and O–H groups in total. The summed E-state index contributed by atoms with van der Waals surface area (Å²) in [6.45, 7) is 13.9. The van der Waals surface area contributed by atoms with Gasteiger partial charge in [-0.2, -0.15) is 0 Å². The van der Waals surface area contributed by atoms with Crippen LogP contribution in [-0.4, -0.2) is 24.4 Å². The molecule has 0 fully saturated rings. The van der Waals surface area contributed by atoms with Crippen LogP contribution >= 0.6 is 0 Å². The predicted molar refractivity (Wildman–Crippen MR) is 102 cm³/mol. The minimum atomic E-state index is -1.85. The fraction of sp³-hybridized carbons (Fsp3) is 0.684. The molecule has 1 aromatic heterocycles. The number of hydrogen-bond acceptors (Lipinski definition) is 4. The van der Waals surface area contributed by atoms with E-state index in [-0.39, 0.29) is 16.6 Å². The molecule has 0 aliphatic heterocycles. The SMILES string of the molecule is CC1CC(O[Si](C)(C)C(C)(C)C)C2(CC=CC2)c2nc(N)ncc21. The number of hydrogen-bond donors (Lipinski definition) is 1. The molecule has 24 heavy (non-hydrogen) atoms. The van der Waals surface area contributed by atoms with Gasteiger partial charge < -0.3 is 10.2 Å². The lowest BCUT2D eigenvalue weighted by molar-refractivity contribution is 0.0686. The summed E-state index contributed by atoms with van der Waals surface area (Å²) >= 11 is 0. The largest absolute Gasteiger partial charge is 0.413 e. The van der Waals surface area contributed by atoms with E-state index in [9.17, 15) is 0 Å². The van der Waals surface area contributed by atoms with E-state index in [1.165, 1.54) is 5.56 Å². The van der Waals surface area contributed by atoms with Gasteiger partial charge in [0.2, 0.25) is 5.95 Å². The quantitative estimate of drug-likeness (QED) is 0.631. The van der Waals surface area contributed by atoms with Gasteiger partial charge in [-0.05, 0) is 48.9 Å². The van der Waals surface area contributed by atoms with Gasteiger partial charge in [0.1, 0.15) is 0 Å². The molecule has 0 bridgehead atoms. The molecule has 0 aromatic carbocycles. The van der Waals surface area contributed by atoms with Crippen molar-refractivity contribution in [3.05, 3.63) is 29.6 Å². The average Bonchev–Trinajstić information content (AvgIpc) is 2.94. The highest BCUT2D eigenvalue weighted by Gasteiger charge is 2.52. The molecule has 0 amide bonds. The van der Waals surface area contributed by atoms with Gasteiger partial charge in [0.05, 0.1) is 11.8 Å². The maximum Gasteiger partial charge on any atom is 0.220 e. The summed E-state index contributed by atoms with van der Waals surface area (Å²) in [5.74, 6) is 0.779. The molecule has 2 unspecified atom stereocenters. The van der Waals surface area contributed by atoms with E-state index < -0.39 is 8.32 Å². The van der Waals surface area contributed by atoms with Crippen LogP contribution in [0, 0.1) is 0 Å². The van der Waals surface area contributed by atoms with Gasteiger partial charge in [-0.1, -0.05) is 39.8 Å². The summed E-state index contributed by atoms with van der Waals surface area (Å²) in [6, 6.07) is 0. The Morgan fingerprint density at radius 1 is 1.25 bits per heavy atom. The van der Waals surface area contributed by atoms with Crippen molar-refractivity contribution in [1.29, 1.82) is 0 Å². The highest BCUT2D eigenvalue weighted by Crippen LogP contribution is 2.52. The number of fused-ring (bicyclic) bond motifs is 2. The van der Waals surface area contributed by atoms with Gasteiger partial charge in [0, 0.05) is 11.6 Å². The van der Waals surface area contributed by atoms with Crippen LogP contribution in [-0.2, 0) is 9.84 Å². The standard InChI is InChI=1S/C19H31N3OSi/c1-13-11-15(23-24(5,6)18(2,3)4)19(9-7-8-10-19)16-14(13)12-21-17(20)22-16/h7-8,12-13,15H,9-11H2,1-6H3,(H2,20,21,22). The first kappa shape index (κ1) is 17.6. The molecule has 132 valence electrons. The lowest BCUT2D eigenvalue weighted by Gasteiger charge is -2.49. The monoisotopic (exact) mass is 345 g/mol. The van der Waals surface area contributed by atoms with Gasteiger partial charge in [-0.15, -0.1) is 0 Å². The maximum atomic E-state index is 6.95. The van der Waals surface area contributed by atoms with Gasteiger partial charge in [0.25, 0.3) is 0 Å². The zero-order chi connectivity index (χ0) is 17.8. The molecule has 0 saturated heterocycles. The van der Waals surface area contributed by atoms with E-state index >= 15 is 0 Å². The summed E-state index contributed by atoms with van der Waals surface area (Å²) in [5, 5.41) is 0.203. The lowest BCUT2D eigenvalue weighted by atomic mass is 9.66. The number of anilines is 1. The fourth-order valence-electron chi connectivity index (χ4n) is 3.81. The highest BCUT2D eigenvalue weighted by molar-refractivity contribution is 6.74. The van der Waals surface area contributed by atoms with Crippen LogP contribution < -0.4 is 5.73 Å². The topological polar surface area (TPSA) is 61.0 Å². The number of nitrogens with zero attached hydrogens (tertiary/aromatic N) is 2. The van der Waals surface area contributed by atoms with E-state index in [0.717, 1.165) is 25.0 Å². The number of rotatable bonds is 2. The molecule has 0 saturated carbocycles. The van der Waals surface area contributed by atoms with Crippen molar-refractivity contribution in [3.63, 3.8) is 0 Å². The minimum absolute atomic E-state index is 0.0611. The zero-order valence-electron chi connectivity index (χ0n) is 15.9. The summed E-state index contributed by atoms with van der Waals surface area (Å²) in [7, 11) is -1.85. The Kier molecular flexibility index (Phi) is 4.16. The zero-order valence-corrected chi connectivity index (χ0v) is 16.9. The fourth-order valence-corrected chi connectivity index (χ4v) is 5.20. The molecule has 4 nitrogen and oxygen atoms in total. The number of nitrogens with two attached hydrogens (primary N) is 1. The van der Waals surface area contributed by atoms with Crippen LogP contribution in [0.3, 0.4) is 0 Å². The molecule has 2 atom stereocenters. The van der Waals surface area contributed by atoms with Gasteiger partial charge in [0.15, 0.2) is 8.32 Å². The Balaban J connectivity index is 2.05. The molecule has 2 aliphatic carbocycles. The minimum Gasteiger partial charge on any atom is -0.413 e. The Morgan fingerprint density at radius 3 is 2.46 bits per heavy atom. The molecule has 1 spiro atoms. The van der Waals surface area contributed by atoms with Crippen molar-refractivity contribution in [1.82, 2.24) is 9.97 Å². The van der Waals surface area contributed by atoms with E-state index in [1.54, 1.807) is 0 Å². The smallest absolute Gasteiger partial charge is 0.220 e. The average molecular weight is 346 g/mol. The summed E-state index contributed by atoms with van der Waals surface area (Å²) in [5.41, 5.74) is 8.26. The van der Waals surface area contributed by atoms with Crippen molar-refractivity contribution in [2.75, 3.05) is 5.73 Å². The normalized spacial score (nSPS) is 25.9. The molecular formula is C19H31N3OSi. The molecule has 2 aliphatic rings. The van der Waals surface area contributed by atoms with Crippen LogP contribution in [0.2, 0.25) is 18.1 Å². The number of allylic oxidation sites excluding steroid dienone is 2. The van der Waals surface area contributed by atoms with Crippen LogP contribution in [0.5, 0.6) is 0 Å². The van der Waals surface area contributed by atoms with Crippen molar-refractivity contribution < 1.29 is 4.43 Å². The second-order valence-electron chi connectivity index (χ2n) is 9.07. The first-order valence-electron chi connectivity index (χ1n) is 9.02. The lowest BCUT2D eigenvalue weighted by Crippen LogP contribution is -2.53. The van der Waals surface area contributed by atoms with E-state index in [4.69, 9.17) is 15.1 Å². The van der Waals surface area contributed by atoms with Crippen LogP contribution in [0.1, 0.15) is 64.1 Å². The third kappa shape index (κ3) is 2.71. The third-order valence-electron chi connectivity index (χ3n) is 6.40. The number of nitrogen functional groups attached to an aromatic ring is 1. The summed E-state index contributed by atoms with van der Waals surface area (Å²) in [4.78, 5) is 8.95.